The van der Waals surface area contributed by atoms with Crippen molar-refractivity contribution in [3.63, 3.8) is 0 Å². The van der Waals surface area contributed by atoms with E-state index in [2.05, 4.69) is 0 Å². The fraction of sp³-hybridized carbons (Fsp3) is 0.458. The first-order valence-corrected chi connectivity index (χ1v) is 10.8. The van der Waals surface area contributed by atoms with Crippen LogP contribution in [0.1, 0.15) is 47.7 Å². The maximum Gasteiger partial charge on any atom is 0.231 e. The predicted octanol–water partition coefficient (Wildman–Crippen LogP) is 3.55. The van der Waals surface area contributed by atoms with Gasteiger partial charge < -0.3 is 33.3 Å². The molecule has 2 aromatic carbocycles. The quantitative estimate of drug-likeness (QED) is 0.702. The van der Waals surface area contributed by atoms with Crippen LogP contribution in [0.15, 0.2) is 18.2 Å². The lowest BCUT2D eigenvalue weighted by Crippen LogP contribution is -2.42. The summed E-state index contributed by atoms with van der Waals surface area (Å²) in [6, 6.07) is 5.52. The van der Waals surface area contributed by atoms with Crippen molar-refractivity contribution in [3.8, 4) is 28.7 Å². The van der Waals surface area contributed by atoms with Crippen LogP contribution in [0.25, 0.3) is 0 Å². The van der Waals surface area contributed by atoms with E-state index >= 15 is 0 Å². The molecule has 0 N–H and O–H groups in total. The van der Waals surface area contributed by atoms with Gasteiger partial charge in [0.1, 0.15) is 6.10 Å². The lowest BCUT2D eigenvalue weighted by atomic mass is 9.85. The molecule has 0 saturated carbocycles. The van der Waals surface area contributed by atoms with E-state index in [0.29, 0.717) is 54.7 Å². The summed E-state index contributed by atoms with van der Waals surface area (Å²) >= 11 is 0. The van der Waals surface area contributed by atoms with Gasteiger partial charge in [-0.1, -0.05) is 13.0 Å². The van der Waals surface area contributed by atoms with Crippen LogP contribution in [0.5, 0.6) is 28.7 Å². The summed E-state index contributed by atoms with van der Waals surface area (Å²) < 4.78 is 34.6. The predicted molar refractivity (Wildman–Crippen MR) is 115 cm³/mol. The van der Waals surface area contributed by atoms with Gasteiger partial charge in [0, 0.05) is 24.1 Å². The molecule has 170 valence electrons. The van der Waals surface area contributed by atoms with Crippen LogP contribution in [0.2, 0.25) is 0 Å². The van der Waals surface area contributed by atoms with Gasteiger partial charge in [0.25, 0.3) is 0 Å². The molecule has 1 amide bonds. The van der Waals surface area contributed by atoms with Gasteiger partial charge in [0.15, 0.2) is 23.0 Å². The first kappa shape index (κ1) is 20.8. The summed E-state index contributed by atoms with van der Waals surface area (Å²) in [6.45, 7) is 2.99. The maximum absolute atomic E-state index is 13.0. The maximum atomic E-state index is 13.0. The fourth-order valence-electron chi connectivity index (χ4n) is 5.09. The second-order valence-electron chi connectivity index (χ2n) is 7.95. The monoisotopic (exact) mass is 441 g/mol. The fourth-order valence-corrected chi connectivity index (χ4v) is 5.09. The van der Waals surface area contributed by atoms with Gasteiger partial charge in [-0.2, -0.15) is 0 Å². The minimum Gasteiger partial charge on any atom is -0.493 e. The molecule has 0 fully saturated rings. The molecule has 0 spiro atoms. The number of benzene rings is 2. The number of nitrogens with zero attached hydrogens (tertiary/aromatic N) is 1. The topological polar surface area (TPSA) is 75.7 Å². The van der Waals surface area contributed by atoms with Gasteiger partial charge in [-0.25, -0.2) is 0 Å². The van der Waals surface area contributed by atoms with Crippen molar-refractivity contribution in [1.29, 1.82) is 0 Å². The molecule has 8 heteroatoms. The zero-order chi connectivity index (χ0) is 22.4. The number of carbonyl (C=O) groups excluding carboxylic acids is 1. The zero-order valence-electron chi connectivity index (χ0n) is 18.7. The van der Waals surface area contributed by atoms with Crippen molar-refractivity contribution < 1.29 is 33.2 Å². The van der Waals surface area contributed by atoms with Crippen LogP contribution in [0.3, 0.4) is 0 Å². The molecule has 2 atom stereocenters. The van der Waals surface area contributed by atoms with Crippen LogP contribution in [-0.2, 0) is 22.6 Å². The van der Waals surface area contributed by atoms with E-state index < -0.39 is 0 Å². The lowest BCUT2D eigenvalue weighted by Gasteiger charge is -2.41. The number of rotatable bonds is 5. The minimum atomic E-state index is -0.381. The smallest absolute Gasteiger partial charge is 0.231 e. The minimum absolute atomic E-state index is 0.0675. The Balaban J connectivity index is 1.69. The van der Waals surface area contributed by atoms with Crippen LogP contribution in [0.4, 0.5) is 0 Å². The van der Waals surface area contributed by atoms with Crippen molar-refractivity contribution in [3.05, 3.63) is 40.5 Å². The molecule has 0 bridgehead atoms. The Bertz CT molecular complexity index is 1070. The summed E-state index contributed by atoms with van der Waals surface area (Å²) in [6.07, 6.45) is 0.731. The Labute approximate surface area is 186 Å². The summed E-state index contributed by atoms with van der Waals surface area (Å²) in [7, 11) is 4.86. The van der Waals surface area contributed by atoms with Crippen molar-refractivity contribution in [1.82, 2.24) is 4.90 Å². The second kappa shape index (κ2) is 8.09. The van der Waals surface area contributed by atoms with E-state index in [4.69, 9.17) is 28.4 Å². The van der Waals surface area contributed by atoms with E-state index in [1.165, 1.54) is 0 Å². The molecule has 32 heavy (non-hydrogen) atoms. The van der Waals surface area contributed by atoms with Gasteiger partial charge >= 0.3 is 0 Å². The molecule has 5 rings (SSSR count). The summed E-state index contributed by atoms with van der Waals surface area (Å²) in [5.74, 6) is 3.24. The SMILES string of the molecule is CCC(=O)N1CCc2cc3c(c(OC)c2[C@@H]1[C@H]1OCc2c1ccc(OC)c2OC)OCO3. The highest BCUT2D eigenvalue weighted by Crippen LogP contribution is 2.55. The number of amides is 1. The Kier molecular flexibility index (Phi) is 5.25. The summed E-state index contributed by atoms with van der Waals surface area (Å²) in [5, 5.41) is 0. The highest BCUT2D eigenvalue weighted by Gasteiger charge is 2.45. The Morgan fingerprint density at radius 2 is 1.94 bits per heavy atom. The number of hydrogen-bond acceptors (Lipinski definition) is 7. The molecule has 0 aliphatic carbocycles. The molecule has 0 unspecified atom stereocenters. The number of methoxy groups -OCH3 is 3. The van der Waals surface area contributed by atoms with Gasteiger partial charge in [-0.3, -0.25) is 4.79 Å². The van der Waals surface area contributed by atoms with E-state index in [1.54, 1.807) is 21.3 Å². The third-order valence-electron chi connectivity index (χ3n) is 6.51. The van der Waals surface area contributed by atoms with E-state index in [1.807, 2.05) is 30.0 Å². The van der Waals surface area contributed by atoms with Crippen molar-refractivity contribution in [2.75, 3.05) is 34.7 Å². The molecular formula is C24H27NO7. The molecule has 3 aliphatic heterocycles. The first-order chi connectivity index (χ1) is 15.6. The van der Waals surface area contributed by atoms with Crippen molar-refractivity contribution in [2.45, 2.75) is 38.5 Å². The first-order valence-electron chi connectivity index (χ1n) is 10.8. The van der Waals surface area contributed by atoms with Crippen LogP contribution in [-0.4, -0.2) is 45.5 Å². The Morgan fingerprint density at radius 1 is 1.12 bits per heavy atom. The van der Waals surface area contributed by atoms with E-state index in [0.717, 1.165) is 22.3 Å². The van der Waals surface area contributed by atoms with Crippen LogP contribution >= 0.6 is 0 Å². The highest BCUT2D eigenvalue weighted by molar-refractivity contribution is 5.78. The van der Waals surface area contributed by atoms with Crippen molar-refractivity contribution in [2.24, 2.45) is 0 Å². The molecule has 8 nitrogen and oxygen atoms in total. The molecule has 0 aromatic heterocycles. The molecule has 0 radical (unpaired) electrons. The van der Waals surface area contributed by atoms with Crippen LogP contribution < -0.4 is 23.7 Å². The number of fused-ring (bicyclic) bond motifs is 3. The normalized spacial score (nSPS) is 20.6. The highest BCUT2D eigenvalue weighted by atomic mass is 16.7. The van der Waals surface area contributed by atoms with Crippen molar-refractivity contribution >= 4 is 5.91 Å². The van der Waals surface area contributed by atoms with E-state index in [-0.39, 0.29) is 24.8 Å². The second-order valence-corrected chi connectivity index (χ2v) is 7.95. The number of ether oxygens (including phenoxy) is 6. The standard InChI is InChI=1S/C24H27NO7/c1-5-18(26)25-9-8-13-10-17-23(32-12-31-17)24(29-4)19(13)20(25)22-14-6-7-16(27-2)21(28-3)15(14)11-30-22/h6-7,10,20,22H,5,8-9,11-12H2,1-4H3/t20-,22+/m1/s1. The Morgan fingerprint density at radius 3 is 2.66 bits per heavy atom. The molecule has 0 saturated heterocycles. The number of hydrogen-bond donors (Lipinski definition) is 0. The average Bonchev–Trinajstić information content (AvgIpc) is 3.47. The zero-order valence-corrected chi connectivity index (χ0v) is 18.7. The summed E-state index contributed by atoms with van der Waals surface area (Å²) in [5.41, 5.74) is 3.91. The molecule has 3 aliphatic rings. The van der Waals surface area contributed by atoms with E-state index in [9.17, 15) is 4.79 Å². The van der Waals surface area contributed by atoms with Gasteiger partial charge in [-0.15, -0.1) is 0 Å². The van der Waals surface area contributed by atoms with Gasteiger partial charge in [0.2, 0.25) is 18.4 Å². The largest absolute Gasteiger partial charge is 0.493 e. The molecule has 3 heterocycles. The summed E-state index contributed by atoms with van der Waals surface area (Å²) in [4.78, 5) is 14.9. The Hall–Kier alpha value is -3.13. The molecule has 2 aromatic rings. The van der Waals surface area contributed by atoms with Crippen LogP contribution in [0, 0.1) is 0 Å². The molecular weight excluding hydrogens is 414 g/mol. The number of carbonyl (C=O) groups is 1. The van der Waals surface area contributed by atoms with Gasteiger partial charge in [-0.05, 0) is 29.7 Å². The lowest BCUT2D eigenvalue weighted by molar-refractivity contribution is -0.138. The third-order valence-corrected chi connectivity index (χ3v) is 6.51. The van der Waals surface area contributed by atoms with Gasteiger partial charge in [0.05, 0.1) is 34.0 Å². The average molecular weight is 441 g/mol. The third kappa shape index (κ3) is 2.97.